The molecule has 1 fully saturated rings. The minimum absolute atomic E-state index is 0.0283. The monoisotopic (exact) mass is 299 g/mol. The summed E-state index contributed by atoms with van der Waals surface area (Å²) in [5.74, 6) is 0.628. The largest absolute Gasteiger partial charge is 0.354 e. The van der Waals surface area contributed by atoms with Crippen molar-refractivity contribution in [3.63, 3.8) is 0 Å². The molecule has 0 aliphatic carbocycles. The molecule has 0 saturated carbocycles. The van der Waals surface area contributed by atoms with Crippen LogP contribution in [0, 0.1) is 5.82 Å². The molecule has 1 aliphatic heterocycles. The first kappa shape index (κ1) is 14.5. The van der Waals surface area contributed by atoms with E-state index in [0.29, 0.717) is 0 Å². The minimum atomic E-state index is -0.286. The first-order chi connectivity index (χ1) is 10.7. The summed E-state index contributed by atoms with van der Waals surface area (Å²) in [4.78, 5) is 18.6. The number of rotatable bonds is 4. The summed E-state index contributed by atoms with van der Waals surface area (Å²) in [5, 5.41) is 3.04. The van der Waals surface area contributed by atoms with Crippen molar-refractivity contribution in [1.29, 1.82) is 0 Å². The van der Waals surface area contributed by atoms with Crippen LogP contribution in [0.2, 0.25) is 0 Å². The molecule has 5 heteroatoms. The molecular formula is C17H18FN3O. The van der Waals surface area contributed by atoms with Crippen molar-refractivity contribution in [3.05, 3.63) is 60.0 Å². The number of hydrogen-bond acceptors (Lipinski definition) is 3. The van der Waals surface area contributed by atoms with E-state index in [2.05, 4.69) is 15.2 Å². The van der Waals surface area contributed by atoms with Gasteiger partial charge in [-0.25, -0.2) is 9.37 Å². The molecule has 1 saturated heterocycles. The van der Waals surface area contributed by atoms with Crippen LogP contribution in [0.3, 0.4) is 0 Å². The molecule has 2 heterocycles. The molecule has 0 bridgehead atoms. The topological polar surface area (TPSA) is 45.2 Å². The summed E-state index contributed by atoms with van der Waals surface area (Å²) < 4.78 is 12.8. The molecule has 1 amide bonds. The summed E-state index contributed by atoms with van der Waals surface area (Å²) in [6.07, 6.45) is 2.96. The van der Waals surface area contributed by atoms with Crippen LogP contribution in [0.4, 0.5) is 10.2 Å². The highest BCUT2D eigenvalue weighted by molar-refractivity contribution is 5.79. The molecule has 2 aromatic rings. The van der Waals surface area contributed by atoms with Gasteiger partial charge in [-0.05, 0) is 36.2 Å². The average Bonchev–Trinajstić information content (AvgIpc) is 2.99. The van der Waals surface area contributed by atoms with E-state index in [0.717, 1.165) is 30.9 Å². The van der Waals surface area contributed by atoms with Gasteiger partial charge in [0.2, 0.25) is 5.91 Å². The molecule has 1 aromatic carbocycles. The summed E-state index contributed by atoms with van der Waals surface area (Å²) >= 11 is 0. The van der Waals surface area contributed by atoms with Gasteiger partial charge in [-0.1, -0.05) is 18.2 Å². The number of amides is 1. The maximum absolute atomic E-state index is 12.8. The Morgan fingerprint density at radius 1 is 1.27 bits per heavy atom. The van der Waals surface area contributed by atoms with E-state index >= 15 is 0 Å². The van der Waals surface area contributed by atoms with E-state index in [1.165, 1.54) is 12.1 Å². The van der Waals surface area contributed by atoms with E-state index in [-0.39, 0.29) is 24.2 Å². The lowest BCUT2D eigenvalue weighted by atomic mass is 10.1. The number of carbonyl (C=O) groups is 1. The lowest BCUT2D eigenvalue weighted by molar-refractivity contribution is -0.121. The Hall–Kier alpha value is -2.43. The highest BCUT2D eigenvalue weighted by Gasteiger charge is 2.24. The summed E-state index contributed by atoms with van der Waals surface area (Å²) in [6, 6.07) is 12.0. The Morgan fingerprint density at radius 3 is 2.82 bits per heavy atom. The normalized spacial score (nSPS) is 17.5. The molecule has 1 aromatic heterocycles. The number of pyridine rings is 1. The van der Waals surface area contributed by atoms with Crippen molar-refractivity contribution in [2.75, 3.05) is 18.0 Å². The van der Waals surface area contributed by atoms with Gasteiger partial charge in [-0.2, -0.15) is 0 Å². The molecule has 1 aliphatic rings. The van der Waals surface area contributed by atoms with Gasteiger partial charge in [0, 0.05) is 25.3 Å². The smallest absolute Gasteiger partial charge is 0.224 e. The van der Waals surface area contributed by atoms with Crippen LogP contribution < -0.4 is 10.2 Å². The number of carbonyl (C=O) groups excluding carboxylic acids is 1. The zero-order valence-electron chi connectivity index (χ0n) is 12.2. The van der Waals surface area contributed by atoms with E-state index < -0.39 is 0 Å². The van der Waals surface area contributed by atoms with Gasteiger partial charge < -0.3 is 10.2 Å². The summed E-state index contributed by atoms with van der Waals surface area (Å²) in [7, 11) is 0. The van der Waals surface area contributed by atoms with E-state index in [9.17, 15) is 9.18 Å². The third kappa shape index (κ3) is 3.61. The second kappa shape index (κ2) is 6.56. The van der Waals surface area contributed by atoms with Crippen LogP contribution in [0.25, 0.3) is 0 Å². The first-order valence-corrected chi connectivity index (χ1v) is 7.40. The van der Waals surface area contributed by atoms with Gasteiger partial charge in [-0.15, -0.1) is 0 Å². The van der Waals surface area contributed by atoms with E-state index in [4.69, 9.17) is 0 Å². The van der Waals surface area contributed by atoms with Gasteiger partial charge in [-0.3, -0.25) is 4.79 Å². The molecule has 4 nitrogen and oxygen atoms in total. The van der Waals surface area contributed by atoms with E-state index in [1.807, 2.05) is 18.2 Å². The zero-order valence-corrected chi connectivity index (χ0v) is 12.2. The summed E-state index contributed by atoms with van der Waals surface area (Å²) in [6.45, 7) is 1.66. The maximum Gasteiger partial charge on any atom is 0.224 e. The molecule has 0 spiro atoms. The first-order valence-electron chi connectivity index (χ1n) is 7.40. The van der Waals surface area contributed by atoms with Crippen molar-refractivity contribution < 1.29 is 9.18 Å². The third-order valence-electron chi connectivity index (χ3n) is 3.80. The number of nitrogens with zero attached hydrogens (tertiary/aromatic N) is 2. The van der Waals surface area contributed by atoms with Gasteiger partial charge in [0.15, 0.2) is 0 Å². The van der Waals surface area contributed by atoms with Gasteiger partial charge >= 0.3 is 0 Å². The van der Waals surface area contributed by atoms with Crippen molar-refractivity contribution in [2.45, 2.75) is 18.9 Å². The SMILES string of the molecule is O=C(Cc1ccc(F)cc1)N[C@@H]1CCN(c2ccccn2)C1. The molecule has 0 radical (unpaired) electrons. The molecular weight excluding hydrogens is 281 g/mol. The van der Waals surface area contributed by atoms with Crippen molar-refractivity contribution in [3.8, 4) is 0 Å². The second-order valence-electron chi connectivity index (χ2n) is 5.49. The zero-order chi connectivity index (χ0) is 15.4. The fourth-order valence-electron chi connectivity index (χ4n) is 2.69. The third-order valence-corrected chi connectivity index (χ3v) is 3.80. The highest BCUT2D eigenvalue weighted by atomic mass is 19.1. The van der Waals surface area contributed by atoms with E-state index in [1.54, 1.807) is 18.3 Å². The predicted molar refractivity (Wildman–Crippen MR) is 83.1 cm³/mol. The van der Waals surface area contributed by atoms with Crippen LogP contribution in [0.1, 0.15) is 12.0 Å². The van der Waals surface area contributed by atoms with Crippen molar-refractivity contribution in [2.24, 2.45) is 0 Å². The molecule has 114 valence electrons. The Morgan fingerprint density at radius 2 is 2.09 bits per heavy atom. The number of hydrogen-bond donors (Lipinski definition) is 1. The number of benzene rings is 1. The molecule has 22 heavy (non-hydrogen) atoms. The summed E-state index contributed by atoms with van der Waals surface area (Å²) in [5.41, 5.74) is 0.818. The van der Waals surface area contributed by atoms with Crippen LogP contribution in [0.5, 0.6) is 0 Å². The lowest BCUT2D eigenvalue weighted by Gasteiger charge is -2.17. The molecule has 1 N–H and O–H groups in total. The highest BCUT2D eigenvalue weighted by Crippen LogP contribution is 2.17. The van der Waals surface area contributed by atoms with Crippen molar-refractivity contribution in [1.82, 2.24) is 10.3 Å². The number of nitrogens with one attached hydrogen (secondary N) is 1. The van der Waals surface area contributed by atoms with Crippen molar-refractivity contribution >= 4 is 11.7 Å². The Bertz CT molecular complexity index is 630. The Balaban J connectivity index is 1.51. The predicted octanol–water partition coefficient (Wildman–Crippen LogP) is 2.16. The maximum atomic E-state index is 12.8. The number of aromatic nitrogens is 1. The van der Waals surface area contributed by atoms with Crippen LogP contribution in [-0.2, 0) is 11.2 Å². The average molecular weight is 299 g/mol. The molecule has 0 unspecified atom stereocenters. The molecule has 3 rings (SSSR count). The lowest BCUT2D eigenvalue weighted by Crippen LogP contribution is -2.38. The fraction of sp³-hybridized carbons (Fsp3) is 0.294. The number of anilines is 1. The van der Waals surface area contributed by atoms with Crippen LogP contribution in [-0.4, -0.2) is 30.0 Å². The number of halogens is 1. The van der Waals surface area contributed by atoms with Gasteiger partial charge in [0.1, 0.15) is 11.6 Å². The fourth-order valence-corrected chi connectivity index (χ4v) is 2.69. The molecule has 1 atom stereocenters. The van der Waals surface area contributed by atoms with Crippen LogP contribution >= 0.6 is 0 Å². The quantitative estimate of drug-likeness (QED) is 0.941. The second-order valence-corrected chi connectivity index (χ2v) is 5.49. The van der Waals surface area contributed by atoms with Gasteiger partial charge in [0.25, 0.3) is 0 Å². The standard InChI is InChI=1S/C17H18FN3O/c18-14-6-4-13(5-7-14)11-17(22)20-15-8-10-21(12-15)16-3-1-2-9-19-16/h1-7,9,15H,8,10-12H2,(H,20,22)/t15-/m1/s1. The van der Waals surface area contributed by atoms with Gasteiger partial charge in [0.05, 0.1) is 6.42 Å². The Kier molecular flexibility index (Phi) is 4.32. The van der Waals surface area contributed by atoms with Crippen LogP contribution in [0.15, 0.2) is 48.7 Å². The Labute approximate surface area is 129 Å². The minimum Gasteiger partial charge on any atom is -0.354 e.